The highest BCUT2D eigenvalue weighted by Gasteiger charge is 2.27. The third-order valence-corrected chi connectivity index (χ3v) is 3.04. The van der Waals surface area contributed by atoms with Crippen LogP contribution in [0, 0.1) is 0 Å². The topological polar surface area (TPSA) is 40.7 Å². The van der Waals surface area contributed by atoms with Gasteiger partial charge in [-0.3, -0.25) is 5.10 Å². The van der Waals surface area contributed by atoms with E-state index in [1.807, 2.05) is 0 Å². The van der Waals surface area contributed by atoms with Crippen molar-refractivity contribution < 1.29 is 0 Å². The Morgan fingerprint density at radius 3 is 2.80 bits per heavy atom. The van der Waals surface area contributed by atoms with Crippen molar-refractivity contribution in [1.82, 2.24) is 10.2 Å². The van der Waals surface area contributed by atoms with Crippen LogP contribution in [-0.2, 0) is 6.42 Å². The van der Waals surface area contributed by atoms with Gasteiger partial charge in [0, 0.05) is 22.7 Å². The molecule has 0 saturated heterocycles. The summed E-state index contributed by atoms with van der Waals surface area (Å²) in [5, 5.41) is 11.0. The third kappa shape index (κ3) is 2.01. The van der Waals surface area contributed by atoms with Crippen molar-refractivity contribution in [1.29, 1.82) is 0 Å². The van der Waals surface area contributed by atoms with E-state index >= 15 is 0 Å². The van der Waals surface area contributed by atoms with Crippen molar-refractivity contribution in [3.8, 4) is 0 Å². The molecule has 2 rings (SSSR count). The predicted octanol–water partition coefficient (Wildman–Crippen LogP) is 3.06. The number of aromatic nitrogens is 2. The Morgan fingerprint density at radius 2 is 2.20 bits per heavy atom. The number of aromatic amines is 1. The summed E-state index contributed by atoms with van der Waals surface area (Å²) in [6.07, 6.45) is 3.66. The Labute approximate surface area is 91.7 Å². The Bertz CT molecular complexity index is 346. The fourth-order valence-corrected chi connectivity index (χ4v) is 2.30. The van der Waals surface area contributed by atoms with Gasteiger partial charge in [0.25, 0.3) is 0 Å². The second-order valence-corrected chi connectivity index (χ2v) is 5.48. The molecule has 0 aromatic carbocycles. The van der Waals surface area contributed by atoms with Gasteiger partial charge in [-0.05, 0) is 40.0 Å². The van der Waals surface area contributed by atoms with Crippen molar-refractivity contribution >= 4 is 5.82 Å². The van der Waals surface area contributed by atoms with Gasteiger partial charge < -0.3 is 5.32 Å². The van der Waals surface area contributed by atoms with Crippen molar-refractivity contribution in [2.45, 2.75) is 58.4 Å². The molecule has 1 atom stereocenters. The first kappa shape index (κ1) is 10.5. The molecule has 0 radical (unpaired) electrons. The van der Waals surface area contributed by atoms with Gasteiger partial charge in [0.05, 0.1) is 0 Å². The molecule has 1 unspecified atom stereocenters. The number of H-pyrrole nitrogens is 1. The molecule has 3 heteroatoms. The Hall–Kier alpha value is -0.990. The minimum atomic E-state index is 0.0905. The van der Waals surface area contributed by atoms with E-state index in [-0.39, 0.29) is 5.54 Å². The van der Waals surface area contributed by atoms with E-state index in [0.717, 1.165) is 5.82 Å². The second kappa shape index (κ2) is 3.54. The maximum Gasteiger partial charge on any atom is 0.151 e. The van der Waals surface area contributed by atoms with Crippen LogP contribution in [0.15, 0.2) is 0 Å². The van der Waals surface area contributed by atoms with E-state index in [1.54, 1.807) is 0 Å². The molecule has 0 fully saturated rings. The monoisotopic (exact) mass is 207 g/mol. The van der Waals surface area contributed by atoms with Gasteiger partial charge in [0.15, 0.2) is 5.82 Å². The fraction of sp³-hybridized carbons (Fsp3) is 0.750. The van der Waals surface area contributed by atoms with E-state index in [9.17, 15) is 0 Å². The smallest absolute Gasteiger partial charge is 0.151 e. The predicted molar refractivity (Wildman–Crippen MR) is 63.3 cm³/mol. The molecule has 0 bridgehead atoms. The molecule has 84 valence electrons. The van der Waals surface area contributed by atoms with Crippen LogP contribution in [0.2, 0.25) is 0 Å². The number of hydrogen-bond donors (Lipinski definition) is 2. The number of nitrogens with one attached hydrogen (secondary N) is 2. The summed E-state index contributed by atoms with van der Waals surface area (Å²) in [6.45, 7) is 8.75. The van der Waals surface area contributed by atoms with Gasteiger partial charge in [-0.2, -0.15) is 5.10 Å². The van der Waals surface area contributed by atoms with Crippen LogP contribution in [-0.4, -0.2) is 15.7 Å². The molecule has 1 aliphatic rings. The molecule has 1 aliphatic carbocycles. The quantitative estimate of drug-likeness (QED) is 0.782. The molecule has 0 saturated carbocycles. The van der Waals surface area contributed by atoms with Gasteiger partial charge in [-0.1, -0.05) is 6.92 Å². The average molecular weight is 207 g/mol. The normalized spacial score (nSPS) is 20.4. The van der Waals surface area contributed by atoms with Crippen LogP contribution in [0.3, 0.4) is 0 Å². The van der Waals surface area contributed by atoms with Crippen LogP contribution in [0.4, 0.5) is 5.82 Å². The van der Waals surface area contributed by atoms with Gasteiger partial charge in [-0.25, -0.2) is 0 Å². The first-order valence-electron chi connectivity index (χ1n) is 5.86. The molecule has 15 heavy (non-hydrogen) atoms. The Morgan fingerprint density at radius 1 is 1.47 bits per heavy atom. The molecule has 1 aromatic rings. The van der Waals surface area contributed by atoms with E-state index in [1.165, 1.54) is 30.5 Å². The number of anilines is 1. The summed E-state index contributed by atoms with van der Waals surface area (Å²) in [5.41, 5.74) is 2.87. The van der Waals surface area contributed by atoms with Crippen molar-refractivity contribution in [2.75, 3.05) is 5.32 Å². The summed E-state index contributed by atoms with van der Waals surface area (Å²) in [5.74, 6) is 1.76. The highest BCUT2D eigenvalue weighted by molar-refractivity contribution is 5.51. The Kier molecular flexibility index (Phi) is 2.49. The number of rotatable bonds is 2. The van der Waals surface area contributed by atoms with Crippen molar-refractivity contribution in [3.05, 3.63) is 11.3 Å². The summed E-state index contributed by atoms with van der Waals surface area (Å²) in [7, 11) is 0. The van der Waals surface area contributed by atoms with Crippen molar-refractivity contribution in [3.63, 3.8) is 0 Å². The zero-order valence-electron chi connectivity index (χ0n) is 10.1. The lowest BCUT2D eigenvalue weighted by atomic mass is 10.1. The average Bonchev–Trinajstić information content (AvgIpc) is 2.65. The first-order valence-corrected chi connectivity index (χ1v) is 5.86. The second-order valence-electron chi connectivity index (χ2n) is 5.48. The summed E-state index contributed by atoms with van der Waals surface area (Å²) < 4.78 is 0. The highest BCUT2D eigenvalue weighted by Crippen LogP contribution is 2.37. The molecule has 1 heterocycles. The van der Waals surface area contributed by atoms with Gasteiger partial charge >= 0.3 is 0 Å². The molecule has 0 amide bonds. The first-order chi connectivity index (χ1) is 7.01. The van der Waals surface area contributed by atoms with Crippen LogP contribution >= 0.6 is 0 Å². The van der Waals surface area contributed by atoms with Crippen LogP contribution in [0.5, 0.6) is 0 Å². The summed E-state index contributed by atoms with van der Waals surface area (Å²) >= 11 is 0. The van der Waals surface area contributed by atoms with Crippen LogP contribution in [0.25, 0.3) is 0 Å². The largest absolute Gasteiger partial charge is 0.364 e. The van der Waals surface area contributed by atoms with Crippen LogP contribution < -0.4 is 5.32 Å². The standard InChI is InChI=1S/C12H21N3/c1-5-8-6-7-9-10(8)14-15-11(9)13-12(2,3)4/h8H,5-7H2,1-4H3,(H2,13,14,15). The van der Waals surface area contributed by atoms with Crippen LogP contribution in [0.1, 0.15) is 57.7 Å². The molecule has 2 N–H and O–H groups in total. The number of fused-ring (bicyclic) bond motifs is 1. The maximum atomic E-state index is 4.39. The lowest BCUT2D eigenvalue weighted by Gasteiger charge is -2.20. The Balaban J connectivity index is 2.23. The van der Waals surface area contributed by atoms with Gasteiger partial charge in [0.2, 0.25) is 0 Å². The number of nitrogens with zero attached hydrogens (tertiary/aromatic N) is 1. The zero-order valence-corrected chi connectivity index (χ0v) is 10.1. The van der Waals surface area contributed by atoms with Gasteiger partial charge in [-0.15, -0.1) is 0 Å². The van der Waals surface area contributed by atoms with Gasteiger partial charge in [0.1, 0.15) is 0 Å². The third-order valence-electron chi connectivity index (χ3n) is 3.04. The van der Waals surface area contributed by atoms with E-state index in [0.29, 0.717) is 5.92 Å². The SMILES string of the molecule is CCC1CCc2c(NC(C)(C)C)n[nH]c21. The minimum Gasteiger partial charge on any atom is -0.364 e. The molecular weight excluding hydrogens is 186 g/mol. The molecule has 0 spiro atoms. The maximum absolute atomic E-state index is 4.39. The zero-order chi connectivity index (χ0) is 11.1. The van der Waals surface area contributed by atoms with E-state index in [2.05, 4.69) is 43.2 Å². The molecule has 0 aliphatic heterocycles. The highest BCUT2D eigenvalue weighted by atomic mass is 15.2. The number of hydrogen-bond acceptors (Lipinski definition) is 2. The summed E-state index contributed by atoms with van der Waals surface area (Å²) in [6, 6.07) is 0. The minimum absolute atomic E-state index is 0.0905. The molecule has 1 aromatic heterocycles. The van der Waals surface area contributed by atoms with E-state index < -0.39 is 0 Å². The lowest BCUT2D eigenvalue weighted by Crippen LogP contribution is -2.26. The van der Waals surface area contributed by atoms with E-state index in [4.69, 9.17) is 0 Å². The summed E-state index contributed by atoms with van der Waals surface area (Å²) in [4.78, 5) is 0. The lowest BCUT2D eigenvalue weighted by molar-refractivity contribution is 0.620. The molecule has 3 nitrogen and oxygen atoms in total. The van der Waals surface area contributed by atoms with Crippen molar-refractivity contribution in [2.24, 2.45) is 0 Å². The molecular formula is C12H21N3. The fourth-order valence-electron chi connectivity index (χ4n) is 2.30.